The molecule has 1 N–H and O–H groups in total. The van der Waals surface area contributed by atoms with Crippen LogP contribution in [0.2, 0.25) is 0 Å². The van der Waals surface area contributed by atoms with Crippen LogP contribution in [0.3, 0.4) is 0 Å². The molecular formula is C18H28N4O2. The minimum absolute atomic E-state index is 0.760. The Morgan fingerprint density at radius 2 is 1.88 bits per heavy atom. The number of benzene rings is 1. The molecule has 0 atom stereocenters. The number of aryl methyl sites for hydroxylation is 2. The summed E-state index contributed by atoms with van der Waals surface area (Å²) in [6, 6.07) is 6.05. The minimum Gasteiger partial charge on any atom is -0.493 e. The number of methoxy groups -OCH3 is 2. The highest BCUT2D eigenvalue weighted by atomic mass is 16.5. The van der Waals surface area contributed by atoms with Crippen molar-refractivity contribution >= 4 is 5.82 Å². The molecule has 0 fully saturated rings. The Balaban J connectivity index is 1.94. The Bertz CT molecular complexity index is 680. The van der Waals surface area contributed by atoms with Crippen LogP contribution in [-0.2, 0) is 20.0 Å². The van der Waals surface area contributed by atoms with E-state index in [1.165, 1.54) is 11.1 Å². The predicted molar refractivity (Wildman–Crippen MR) is 97.2 cm³/mol. The zero-order chi connectivity index (χ0) is 17.7. The number of rotatable bonds is 8. The van der Waals surface area contributed by atoms with E-state index < -0.39 is 0 Å². The average molecular weight is 332 g/mol. The zero-order valence-electron chi connectivity index (χ0n) is 15.5. The largest absolute Gasteiger partial charge is 0.493 e. The van der Waals surface area contributed by atoms with E-state index >= 15 is 0 Å². The molecule has 132 valence electrons. The van der Waals surface area contributed by atoms with Crippen molar-refractivity contribution in [2.24, 2.45) is 7.05 Å². The molecule has 0 aliphatic carbocycles. The highest BCUT2D eigenvalue weighted by molar-refractivity contribution is 5.48. The Hall–Kier alpha value is -2.21. The number of hydrogen-bond acceptors (Lipinski definition) is 5. The molecule has 0 bridgehead atoms. The van der Waals surface area contributed by atoms with Crippen molar-refractivity contribution in [1.82, 2.24) is 15.1 Å². The van der Waals surface area contributed by atoms with Crippen molar-refractivity contribution in [1.29, 1.82) is 0 Å². The van der Waals surface area contributed by atoms with Crippen LogP contribution >= 0.6 is 0 Å². The van der Waals surface area contributed by atoms with E-state index in [0.29, 0.717) is 0 Å². The summed E-state index contributed by atoms with van der Waals surface area (Å²) in [4.78, 5) is 2.10. The topological polar surface area (TPSA) is 51.5 Å². The van der Waals surface area contributed by atoms with Crippen LogP contribution < -0.4 is 19.7 Å². The van der Waals surface area contributed by atoms with Crippen molar-refractivity contribution in [3.8, 4) is 11.5 Å². The molecule has 2 rings (SSSR count). The normalized spacial score (nSPS) is 10.8. The molecule has 0 unspecified atom stereocenters. The fraction of sp³-hybridized carbons (Fsp3) is 0.500. The number of ether oxygens (including phenoxy) is 2. The number of hydrogen-bond donors (Lipinski definition) is 1. The molecule has 6 nitrogen and oxygen atoms in total. The lowest BCUT2D eigenvalue weighted by Crippen LogP contribution is -2.20. The Morgan fingerprint density at radius 3 is 2.50 bits per heavy atom. The average Bonchev–Trinajstić information content (AvgIpc) is 2.85. The smallest absolute Gasteiger partial charge is 0.160 e. The molecule has 24 heavy (non-hydrogen) atoms. The van der Waals surface area contributed by atoms with E-state index in [-0.39, 0.29) is 0 Å². The van der Waals surface area contributed by atoms with E-state index in [2.05, 4.69) is 28.3 Å². The van der Waals surface area contributed by atoms with Crippen LogP contribution in [0.15, 0.2) is 18.2 Å². The lowest BCUT2D eigenvalue weighted by molar-refractivity contribution is 0.354. The van der Waals surface area contributed by atoms with E-state index in [4.69, 9.17) is 9.47 Å². The van der Waals surface area contributed by atoms with Crippen LogP contribution in [0.1, 0.15) is 16.8 Å². The molecule has 0 spiro atoms. The molecule has 2 aromatic rings. The molecule has 0 saturated heterocycles. The molecule has 0 radical (unpaired) electrons. The van der Waals surface area contributed by atoms with Gasteiger partial charge in [-0.15, -0.1) is 0 Å². The highest BCUT2D eigenvalue weighted by Crippen LogP contribution is 2.27. The van der Waals surface area contributed by atoms with Gasteiger partial charge < -0.3 is 19.7 Å². The molecule has 0 amide bonds. The van der Waals surface area contributed by atoms with Gasteiger partial charge in [-0.2, -0.15) is 5.10 Å². The van der Waals surface area contributed by atoms with Gasteiger partial charge in [-0.25, -0.2) is 0 Å². The van der Waals surface area contributed by atoms with E-state index in [0.717, 1.165) is 42.5 Å². The van der Waals surface area contributed by atoms with Gasteiger partial charge in [-0.1, -0.05) is 6.07 Å². The van der Waals surface area contributed by atoms with Crippen molar-refractivity contribution in [2.75, 3.05) is 39.8 Å². The molecule has 6 heteroatoms. The third kappa shape index (κ3) is 4.00. The van der Waals surface area contributed by atoms with E-state index in [1.54, 1.807) is 14.2 Å². The third-order valence-electron chi connectivity index (χ3n) is 4.08. The van der Waals surface area contributed by atoms with Crippen LogP contribution in [0.25, 0.3) is 0 Å². The molecule has 1 aromatic heterocycles. The summed E-state index contributed by atoms with van der Waals surface area (Å²) in [6.07, 6.45) is 0.928. The van der Waals surface area contributed by atoms with Gasteiger partial charge in [0.25, 0.3) is 0 Å². The summed E-state index contributed by atoms with van der Waals surface area (Å²) >= 11 is 0. The summed E-state index contributed by atoms with van der Waals surface area (Å²) in [5.41, 5.74) is 3.53. The summed E-state index contributed by atoms with van der Waals surface area (Å²) < 4.78 is 12.6. The standard InChI is InChI=1S/C18H28N4O2/c1-13-15(18(21(2)3)22(4)20-13)12-19-10-9-14-7-8-16(23-5)17(11-14)24-6/h7-8,11,19H,9-10,12H2,1-6H3. The maximum absolute atomic E-state index is 5.35. The summed E-state index contributed by atoms with van der Waals surface area (Å²) in [5, 5.41) is 8.03. The molecule has 1 heterocycles. The van der Waals surface area contributed by atoms with Gasteiger partial charge in [0.05, 0.1) is 19.9 Å². The first-order valence-corrected chi connectivity index (χ1v) is 8.09. The van der Waals surface area contributed by atoms with Gasteiger partial charge in [0, 0.05) is 33.3 Å². The highest BCUT2D eigenvalue weighted by Gasteiger charge is 2.14. The quantitative estimate of drug-likeness (QED) is 0.751. The molecule has 0 aliphatic heterocycles. The monoisotopic (exact) mass is 332 g/mol. The minimum atomic E-state index is 0.760. The number of nitrogens with one attached hydrogen (secondary N) is 1. The molecule has 0 saturated carbocycles. The first kappa shape index (κ1) is 18.1. The summed E-state index contributed by atoms with van der Waals surface area (Å²) in [7, 11) is 9.38. The second-order valence-corrected chi connectivity index (χ2v) is 6.02. The van der Waals surface area contributed by atoms with Crippen molar-refractivity contribution in [2.45, 2.75) is 19.9 Å². The Kier molecular flexibility index (Phi) is 6.09. The fourth-order valence-electron chi connectivity index (χ4n) is 2.94. The SMILES string of the molecule is COc1ccc(CCNCc2c(C)nn(C)c2N(C)C)cc1OC. The zero-order valence-corrected chi connectivity index (χ0v) is 15.5. The lowest BCUT2D eigenvalue weighted by Gasteiger charge is -2.16. The van der Waals surface area contributed by atoms with E-state index in [1.807, 2.05) is 38.0 Å². The maximum Gasteiger partial charge on any atom is 0.160 e. The molecular weight excluding hydrogens is 304 g/mol. The lowest BCUT2D eigenvalue weighted by atomic mass is 10.1. The fourth-order valence-corrected chi connectivity index (χ4v) is 2.94. The first-order valence-electron chi connectivity index (χ1n) is 8.09. The van der Waals surface area contributed by atoms with Crippen molar-refractivity contribution in [3.05, 3.63) is 35.0 Å². The molecule has 0 aliphatic rings. The maximum atomic E-state index is 5.35. The van der Waals surface area contributed by atoms with Gasteiger partial charge >= 0.3 is 0 Å². The number of nitrogens with zero attached hydrogens (tertiary/aromatic N) is 3. The second-order valence-electron chi connectivity index (χ2n) is 6.02. The van der Waals surface area contributed by atoms with Gasteiger partial charge in [-0.05, 0) is 37.6 Å². The van der Waals surface area contributed by atoms with Crippen LogP contribution in [0.5, 0.6) is 11.5 Å². The first-order chi connectivity index (χ1) is 11.5. The summed E-state index contributed by atoms with van der Waals surface area (Å²) in [5.74, 6) is 2.68. The third-order valence-corrected chi connectivity index (χ3v) is 4.08. The second kappa shape index (κ2) is 8.06. The van der Waals surface area contributed by atoms with Crippen molar-refractivity contribution in [3.63, 3.8) is 0 Å². The van der Waals surface area contributed by atoms with Crippen LogP contribution in [0.4, 0.5) is 5.82 Å². The number of aromatic nitrogens is 2. The Labute approximate surface area is 144 Å². The van der Waals surface area contributed by atoms with E-state index in [9.17, 15) is 0 Å². The molecule has 1 aromatic carbocycles. The predicted octanol–water partition coefficient (Wildman–Crippen LogP) is 2.14. The Morgan fingerprint density at radius 1 is 1.17 bits per heavy atom. The van der Waals surface area contributed by atoms with Gasteiger partial charge in [0.2, 0.25) is 0 Å². The van der Waals surface area contributed by atoms with Gasteiger partial charge in [-0.3, -0.25) is 4.68 Å². The van der Waals surface area contributed by atoms with Crippen LogP contribution in [-0.4, -0.2) is 44.6 Å². The number of anilines is 1. The summed E-state index contributed by atoms with van der Waals surface area (Å²) in [6.45, 7) is 3.75. The van der Waals surface area contributed by atoms with Gasteiger partial charge in [0.1, 0.15) is 5.82 Å². The van der Waals surface area contributed by atoms with Gasteiger partial charge in [0.15, 0.2) is 11.5 Å². The van der Waals surface area contributed by atoms with Crippen LogP contribution in [0, 0.1) is 6.92 Å². The van der Waals surface area contributed by atoms with Crippen molar-refractivity contribution < 1.29 is 9.47 Å².